The summed E-state index contributed by atoms with van der Waals surface area (Å²) in [5.74, 6) is 1.10. The number of rotatable bonds is 4. The Kier molecular flexibility index (Phi) is 6.09. The second kappa shape index (κ2) is 8.52. The number of carbonyl (C=O) groups excluding carboxylic acids is 2. The molecule has 0 fully saturated rings. The first-order valence-electron chi connectivity index (χ1n) is 9.24. The molecule has 0 saturated heterocycles. The summed E-state index contributed by atoms with van der Waals surface area (Å²) >= 11 is 0. The number of nitrogens with two attached hydrogens (primary N) is 1. The fourth-order valence-corrected chi connectivity index (χ4v) is 3.63. The SMILES string of the molecule is Cl.Nc1cccc2c1CCCN2C(=O)CCC(=O)c1ccc2c(c1)OCCO2. The van der Waals surface area contributed by atoms with E-state index in [1.54, 1.807) is 23.1 Å². The van der Waals surface area contributed by atoms with Crippen molar-refractivity contribution in [2.24, 2.45) is 0 Å². The van der Waals surface area contributed by atoms with Crippen LogP contribution >= 0.6 is 12.4 Å². The third-order valence-corrected chi connectivity index (χ3v) is 5.02. The quantitative estimate of drug-likeness (QED) is 0.626. The number of Topliss-reactive ketones (excluding diaryl/α,β-unsaturated/α-hetero) is 1. The van der Waals surface area contributed by atoms with Gasteiger partial charge in [-0.15, -0.1) is 12.4 Å². The lowest BCUT2D eigenvalue weighted by Gasteiger charge is -2.30. The van der Waals surface area contributed by atoms with Crippen LogP contribution in [0.4, 0.5) is 11.4 Å². The summed E-state index contributed by atoms with van der Waals surface area (Å²) in [5.41, 5.74) is 9.20. The van der Waals surface area contributed by atoms with Crippen LogP contribution in [0.5, 0.6) is 11.5 Å². The van der Waals surface area contributed by atoms with E-state index in [-0.39, 0.29) is 36.9 Å². The van der Waals surface area contributed by atoms with E-state index in [0.29, 0.717) is 36.8 Å². The van der Waals surface area contributed by atoms with Crippen LogP contribution in [-0.2, 0) is 11.2 Å². The number of hydrogen-bond donors (Lipinski definition) is 1. The number of halogens is 1. The van der Waals surface area contributed by atoms with Crippen molar-refractivity contribution in [1.29, 1.82) is 0 Å². The van der Waals surface area contributed by atoms with E-state index >= 15 is 0 Å². The first kappa shape index (κ1) is 20.0. The Labute approximate surface area is 170 Å². The highest BCUT2D eigenvalue weighted by Crippen LogP contribution is 2.33. The average molecular weight is 403 g/mol. The van der Waals surface area contributed by atoms with Crippen molar-refractivity contribution in [3.63, 3.8) is 0 Å². The minimum atomic E-state index is -0.0786. The predicted octanol–water partition coefficient (Wildman–Crippen LogP) is 3.40. The molecule has 0 unspecified atom stereocenters. The van der Waals surface area contributed by atoms with Crippen molar-refractivity contribution in [3.05, 3.63) is 47.5 Å². The van der Waals surface area contributed by atoms with E-state index in [9.17, 15) is 9.59 Å². The Morgan fingerprint density at radius 3 is 2.64 bits per heavy atom. The van der Waals surface area contributed by atoms with Gasteiger partial charge in [0.2, 0.25) is 5.91 Å². The van der Waals surface area contributed by atoms with E-state index < -0.39 is 0 Å². The Hall–Kier alpha value is -2.73. The van der Waals surface area contributed by atoms with Crippen LogP contribution in [0.3, 0.4) is 0 Å². The number of nitrogen functional groups attached to an aromatic ring is 1. The lowest BCUT2D eigenvalue weighted by atomic mass is 9.99. The molecular weight excluding hydrogens is 380 g/mol. The first-order valence-corrected chi connectivity index (χ1v) is 9.24. The monoisotopic (exact) mass is 402 g/mol. The zero-order valence-electron chi connectivity index (χ0n) is 15.5. The topological polar surface area (TPSA) is 81.9 Å². The van der Waals surface area contributed by atoms with Crippen molar-refractivity contribution in [3.8, 4) is 11.5 Å². The van der Waals surface area contributed by atoms with E-state index in [1.165, 1.54) is 0 Å². The molecule has 2 heterocycles. The molecule has 7 heteroatoms. The molecule has 0 saturated carbocycles. The molecule has 148 valence electrons. The Morgan fingerprint density at radius 1 is 1.04 bits per heavy atom. The number of hydrogen-bond acceptors (Lipinski definition) is 5. The number of nitrogens with zero attached hydrogens (tertiary/aromatic N) is 1. The van der Waals surface area contributed by atoms with Crippen LogP contribution in [0.1, 0.15) is 35.2 Å². The summed E-state index contributed by atoms with van der Waals surface area (Å²) in [6.07, 6.45) is 2.08. The third kappa shape index (κ3) is 3.92. The molecule has 2 aromatic rings. The van der Waals surface area contributed by atoms with Crippen molar-refractivity contribution in [2.45, 2.75) is 25.7 Å². The Morgan fingerprint density at radius 2 is 1.82 bits per heavy atom. The third-order valence-electron chi connectivity index (χ3n) is 5.02. The number of benzene rings is 2. The highest BCUT2D eigenvalue weighted by atomic mass is 35.5. The minimum Gasteiger partial charge on any atom is -0.486 e. The highest BCUT2D eigenvalue weighted by Gasteiger charge is 2.24. The van der Waals surface area contributed by atoms with Gasteiger partial charge in [0.25, 0.3) is 0 Å². The second-order valence-corrected chi connectivity index (χ2v) is 6.78. The molecule has 4 rings (SSSR count). The smallest absolute Gasteiger partial charge is 0.227 e. The minimum absolute atomic E-state index is 0. The Balaban J connectivity index is 0.00000225. The molecule has 0 aromatic heterocycles. The number of ether oxygens (including phenoxy) is 2. The average Bonchev–Trinajstić information content (AvgIpc) is 2.71. The van der Waals surface area contributed by atoms with Crippen LogP contribution < -0.4 is 20.1 Å². The largest absolute Gasteiger partial charge is 0.486 e. The number of carbonyl (C=O) groups is 2. The summed E-state index contributed by atoms with van der Waals surface area (Å²) in [7, 11) is 0. The molecule has 0 bridgehead atoms. The maximum Gasteiger partial charge on any atom is 0.227 e. The van der Waals surface area contributed by atoms with Gasteiger partial charge in [0.05, 0.1) is 0 Å². The number of ketones is 1. The van der Waals surface area contributed by atoms with Gasteiger partial charge in [0.1, 0.15) is 13.2 Å². The summed E-state index contributed by atoms with van der Waals surface area (Å²) in [5, 5.41) is 0. The van der Waals surface area contributed by atoms with Crippen LogP contribution in [-0.4, -0.2) is 31.4 Å². The molecule has 0 atom stereocenters. The van der Waals surface area contributed by atoms with Gasteiger partial charge in [-0.05, 0) is 48.7 Å². The maximum absolute atomic E-state index is 12.7. The fraction of sp³-hybridized carbons (Fsp3) is 0.333. The predicted molar refractivity (Wildman–Crippen MR) is 110 cm³/mol. The second-order valence-electron chi connectivity index (χ2n) is 6.78. The summed E-state index contributed by atoms with van der Waals surface area (Å²) in [6.45, 7) is 1.64. The van der Waals surface area contributed by atoms with Crippen molar-refractivity contribution >= 4 is 35.5 Å². The summed E-state index contributed by atoms with van der Waals surface area (Å²) in [4.78, 5) is 27.0. The van der Waals surface area contributed by atoms with Gasteiger partial charge in [-0.1, -0.05) is 6.07 Å². The van der Waals surface area contributed by atoms with Gasteiger partial charge in [0.15, 0.2) is 17.3 Å². The molecule has 1 amide bonds. The number of anilines is 2. The molecule has 2 aliphatic heterocycles. The normalized spacial score (nSPS) is 14.6. The van der Waals surface area contributed by atoms with E-state index in [1.807, 2.05) is 18.2 Å². The Bertz CT molecular complexity index is 900. The number of amides is 1. The maximum atomic E-state index is 12.7. The standard InChI is InChI=1S/C21H22N2O4.ClH/c22-16-4-1-5-17-15(16)3-2-10-23(17)21(25)9-7-18(24)14-6-8-19-20(13-14)27-12-11-26-19;/h1,4-6,8,13H,2-3,7,9-12,22H2;1H. The van der Waals surface area contributed by atoms with Gasteiger partial charge in [-0.25, -0.2) is 0 Å². The van der Waals surface area contributed by atoms with Gasteiger partial charge in [-0.3, -0.25) is 9.59 Å². The van der Waals surface area contributed by atoms with E-state index in [4.69, 9.17) is 15.2 Å². The van der Waals surface area contributed by atoms with Crippen molar-refractivity contribution in [2.75, 3.05) is 30.4 Å². The lowest BCUT2D eigenvalue weighted by Crippen LogP contribution is -2.35. The molecular formula is C21H23ClN2O4. The summed E-state index contributed by atoms with van der Waals surface area (Å²) in [6, 6.07) is 10.8. The molecule has 28 heavy (non-hydrogen) atoms. The zero-order chi connectivity index (χ0) is 18.8. The molecule has 0 aliphatic carbocycles. The molecule has 2 N–H and O–H groups in total. The molecule has 0 spiro atoms. The van der Waals surface area contributed by atoms with Crippen molar-refractivity contribution in [1.82, 2.24) is 0 Å². The fourth-order valence-electron chi connectivity index (χ4n) is 3.63. The van der Waals surface area contributed by atoms with Crippen LogP contribution in [0, 0.1) is 0 Å². The summed E-state index contributed by atoms with van der Waals surface area (Å²) < 4.78 is 11.0. The van der Waals surface area contributed by atoms with E-state index in [0.717, 1.165) is 29.8 Å². The van der Waals surface area contributed by atoms with Crippen LogP contribution in [0.25, 0.3) is 0 Å². The van der Waals surface area contributed by atoms with Gasteiger partial charge in [0, 0.05) is 36.3 Å². The molecule has 2 aliphatic rings. The molecule has 2 aromatic carbocycles. The van der Waals surface area contributed by atoms with Crippen LogP contribution in [0.15, 0.2) is 36.4 Å². The van der Waals surface area contributed by atoms with Gasteiger partial charge >= 0.3 is 0 Å². The van der Waals surface area contributed by atoms with Gasteiger partial charge in [-0.2, -0.15) is 0 Å². The van der Waals surface area contributed by atoms with E-state index in [2.05, 4.69) is 0 Å². The lowest BCUT2D eigenvalue weighted by molar-refractivity contribution is -0.118. The van der Waals surface area contributed by atoms with Crippen LogP contribution in [0.2, 0.25) is 0 Å². The molecule has 0 radical (unpaired) electrons. The first-order chi connectivity index (χ1) is 13.1. The zero-order valence-corrected chi connectivity index (χ0v) is 16.3. The van der Waals surface area contributed by atoms with Crippen molar-refractivity contribution < 1.29 is 19.1 Å². The highest BCUT2D eigenvalue weighted by molar-refractivity contribution is 6.01. The molecule has 6 nitrogen and oxygen atoms in total. The van der Waals surface area contributed by atoms with Gasteiger partial charge < -0.3 is 20.1 Å². The number of fused-ring (bicyclic) bond motifs is 2.